The number of hydrogen-bond donors (Lipinski definition) is 1. The minimum atomic E-state index is -0.195. The van der Waals surface area contributed by atoms with Crippen molar-refractivity contribution in [3.8, 4) is 0 Å². The van der Waals surface area contributed by atoms with E-state index in [1.807, 2.05) is 12.1 Å². The molecule has 0 aliphatic carbocycles. The summed E-state index contributed by atoms with van der Waals surface area (Å²) in [5, 5.41) is 8.60. The number of amides is 1. The van der Waals surface area contributed by atoms with Crippen LogP contribution >= 0.6 is 22.9 Å². The van der Waals surface area contributed by atoms with Crippen LogP contribution in [-0.4, -0.2) is 28.1 Å². The zero-order valence-corrected chi connectivity index (χ0v) is 11.2. The van der Waals surface area contributed by atoms with Gasteiger partial charge >= 0.3 is 0 Å². The van der Waals surface area contributed by atoms with Gasteiger partial charge in [0.15, 0.2) is 0 Å². The van der Waals surface area contributed by atoms with Crippen LogP contribution in [0.3, 0.4) is 0 Å². The summed E-state index contributed by atoms with van der Waals surface area (Å²) in [6.07, 6.45) is 0. The lowest BCUT2D eigenvalue weighted by molar-refractivity contribution is 0.0784. The molecule has 0 saturated carbocycles. The van der Waals surface area contributed by atoms with Crippen LogP contribution in [0.4, 0.5) is 5.13 Å². The van der Waals surface area contributed by atoms with E-state index in [1.54, 1.807) is 24.1 Å². The van der Waals surface area contributed by atoms with E-state index in [4.69, 9.17) is 17.3 Å². The Morgan fingerprint density at radius 2 is 2.06 bits per heavy atom. The molecule has 0 saturated heterocycles. The number of nitrogens with zero attached hydrogens (tertiary/aromatic N) is 3. The summed E-state index contributed by atoms with van der Waals surface area (Å²) in [5.41, 5.74) is 6.44. The standard InChI is InChI=1S/C11H11ClN4OS/c1-16(6-7-2-4-8(12)5-3-7)10(17)9-14-15-11(13)18-9/h2-5H,6H2,1H3,(H2,13,15). The Balaban J connectivity index is 2.05. The third-order valence-electron chi connectivity index (χ3n) is 2.30. The first-order valence-electron chi connectivity index (χ1n) is 5.15. The summed E-state index contributed by atoms with van der Waals surface area (Å²) in [6.45, 7) is 0.482. The quantitative estimate of drug-likeness (QED) is 0.935. The SMILES string of the molecule is CN(Cc1ccc(Cl)cc1)C(=O)c1nnc(N)s1. The van der Waals surface area contributed by atoms with E-state index in [0.29, 0.717) is 21.7 Å². The lowest BCUT2D eigenvalue weighted by Gasteiger charge is -2.15. The number of nitrogens with two attached hydrogens (primary N) is 1. The van der Waals surface area contributed by atoms with Gasteiger partial charge in [-0.15, -0.1) is 10.2 Å². The van der Waals surface area contributed by atoms with Gasteiger partial charge < -0.3 is 10.6 Å². The van der Waals surface area contributed by atoms with Crippen molar-refractivity contribution in [1.29, 1.82) is 0 Å². The van der Waals surface area contributed by atoms with E-state index >= 15 is 0 Å². The normalized spacial score (nSPS) is 10.3. The van der Waals surface area contributed by atoms with Crippen molar-refractivity contribution >= 4 is 34.0 Å². The average molecular weight is 283 g/mol. The predicted octanol–water partition coefficient (Wildman–Crippen LogP) is 2.05. The van der Waals surface area contributed by atoms with Gasteiger partial charge in [0.25, 0.3) is 5.91 Å². The van der Waals surface area contributed by atoms with E-state index in [1.165, 1.54) is 0 Å². The van der Waals surface area contributed by atoms with Crippen molar-refractivity contribution in [2.45, 2.75) is 6.54 Å². The Kier molecular flexibility index (Phi) is 3.78. The number of aromatic nitrogens is 2. The molecule has 1 aromatic carbocycles. The van der Waals surface area contributed by atoms with Crippen molar-refractivity contribution in [3.63, 3.8) is 0 Å². The smallest absolute Gasteiger partial charge is 0.284 e. The molecular weight excluding hydrogens is 272 g/mol. The monoisotopic (exact) mass is 282 g/mol. The number of nitrogen functional groups attached to an aromatic ring is 1. The molecule has 0 unspecified atom stereocenters. The fourth-order valence-corrected chi connectivity index (χ4v) is 2.15. The second-order valence-electron chi connectivity index (χ2n) is 3.73. The maximum Gasteiger partial charge on any atom is 0.284 e. The number of carbonyl (C=O) groups is 1. The van der Waals surface area contributed by atoms with Gasteiger partial charge in [-0.3, -0.25) is 4.79 Å². The molecule has 0 bridgehead atoms. The van der Waals surface area contributed by atoms with E-state index in [0.717, 1.165) is 16.9 Å². The van der Waals surface area contributed by atoms with Gasteiger partial charge in [0.05, 0.1) is 0 Å². The number of hydrogen-bond acceptors (Lipinski definition) is 5. The molecule has 0 aliphatic rings. The average Bonchev–Trinajstić information content (AvgIpc) is 2.78. The third-order valence-corrected chi connectivity index (χ3v) is 3.30. The molecule has 0 radical (unpaired) electrons. The molecule has 0 atom stereocenters. The summed E-state index contributed by atoms with van der Waals surface area (Å²) in [5.74, 6) is -0.195. The van der Waals surface area contributed by atoms with Crippen LogP contribution in [0.1, 0.15) is 15.4 Å². The molecule has 1 heterocycles. The third kappa shape index (κ3) is 2.96. The topological polar surface area (TPSA) is 72.1 Å². The second kappa shape index (κ2) is 5.32. The zero-order chi connectivity index (χ0) is 13.1. The molecule has 94 valence electrons. The summed E-state index contributed by atoms with van der Waals surface area (Å²) in [7, 11) is 1.70. The molecule has 5 nitrogen and oxygen atoms in total. The highest BCUT2D eigenvalue weighted by molar-refractivity contribution is 7.16. The van der Waals surface area contributed by atoms with Gasteiger partial charge in [-0.25, -0.2) is 0 Å². The molecule has 2 aromatic rings. The summed E-state index contributed by atoms with van der Waals surface area (Å²) < 4.78 is 0. The van der Waals surface area contributed by atoms with Crippen LogP contribution in [0, 0.1) is 0 Å². The van der Waals surface area contributed by atoms with Crippen LogP contribution in [0.2, 0.25) is 5.02 Å². The predicted molar refractivity (Wildman–Crippen MR) is 71.6 cm³/mol. The Morgan fingerprint density at radius 3 is 2.61 bits per heavy atom. The highest BCUT2D eigenvalue weighted by atomic mass is 35.5. The molecule has 1 amide bonds. The van der Waals surface area contributed by atoms with Crippen LogP contribution < -0.4 is 5.73 Å². The molecule has 0 fully saturated rings. The van der Waals surface area contributed by atoms with Crippen molar-refractivity contribution < 1.29 is 4.79 Å². The maximum atomic E-state index is 12.0. The van der Waals surface area contributed by atoms with Gasteiger partial charge in [-0.1, -0.05) is 35.1 Å². The van der Waals surface area contributed by atoms with E-state index in [-0.39, 0.29) is 5.91 Å². The zero-order valence-electron chi connectivity index (χ0n) is 9.63. The second-order valence-corrected chi connectivity index (χ2v) is 5.18. The molecule has 1 aromatic heterocycles. The lowest BCUT2D eigenvalue weighted by Crippen LogP contribution is -2.26. The van der Waals surface area contributed by atoms with E-state index < -0.39 is 0 Å². The Labute approximate surface area is 113 Å². The Morgan fingerprint density at radius 1 is 1.39 bits per heavy atom. The van der Waals surface area contributed by atoms with E-state index in [2.05, 4.69) is 10.2 Å². The number of rotatable bonds is 3. The number of benzene rings is 1. The summed E-state index contributed by atoms with van der Waals surface area (Å²) in [6, 6.07) is 7.33. The lowest BCUT2D eigenvalue weighted by atomic mass is 10.2. The van der Waals surface area contributed by atoms with Gasteiger partial charge in [-0.2, -0.15) is 0 Å². The van der Waals surface area contributed by atoms with Gasteiger partial charge in [0.1, 0.15) is 0 Å². The molecule has 2 rings (SSSR count). The molecule has 7 heteroatoms. The molecule has 2 N–H and O–H groups in total. The fourth-order valence-electron chi connectivity index (χ4n) is 1.42. The number of halogens is 1. The van der Waals surface area contributed by atoms with Gasteiger partial charge in [-0.05, 0) is 17.7 Å². The summed E-state index contributed by atoms with van der Waals surface area (Å²) in [4.78, 5) is 13.5. The first-order valence-corrected chi connectivity index (χ1v) is 6.34. The van der Waals surface area contributed by atoms with Crippen LogP contribution in [-0.2, 0) is 6.54 Å². The number of carbonyl (C=O) groups excluding carboxylic acids is 1. The number of anilines is 1. The van der Waals surface area contributed by atoms with Gasteiger partial charge in [0.2, 0.25) is 10.1 Å². The van der Waals surface area contributed by atoms with Gasteiger partial charge in [0, 0.05) is 18.6 Å². The van der Waals surface area contributed by atoms with Crippen LogP contribution in [0.15, 0.2) is 24.3 Å². The van der Waals surface area contributed by atoms with Crippen molar-refractivity contribution in [2.24, 2.45) is 0 Å². The van der Waals surface area contributed by atoms with Crippen LogP contribution in [0.25, 0.3) is 0 Å². The largest absolute Gasteiger partial charge is 0.374 e. The van der Waals surface area contributed by atoms with Crippen molar-refractivity contribution in [2.75, 3.05) is 12.8 Å². The highest BCUT2D eigenvalue weighted by Gasteiger charge is 2.16. The first kappa shape index (κ1) is 12.8. The fraction of sp³-hybridized carbons (Fsp3) is 0.182. The molecular formula is C11H11ClN4OS. The maximum absolute atomic E-state index is 12.0. The minimum Gasteiger partial charge on any atom is -0.374 e. The van der Waals surface area contributed by atoms with Crippen molar-refractivity contribution in [3.05, 3.63) is 39.9 Å². The van der Waals surface area contributed by atoms with E-state index in [9.17, 15) is 4.79 Å². The Bertz CT molecular complexity index is 554. The molecule has 18 heavy (non-hydrogen) atoms. The molecule has 0 spiro atoms. The first-order chi connectivity index (χ1) is 8.56. The summed E-state index contributed by atoms with van der Waals surface area (Å²) >= 11 is 6.88. The highest BCUT2D eigenvalue weighted by Crippen LogP contribution is 2.15. The minimum absolute atomic E-state index is 0.195. The van der Waals surface area contributed by atoms with Crippen molar-refractivity contribution in [1.82, 2.24) is 15.1 Å². The molecule has 0 aliphatic heterocycles. The Hall–Kier alpha value is -1.66. The van der Waals surface area contributed by atoms with Crippen LogP contribution in [0.5, 0.6) is 0 Å².